The molecule has 0 atom stereocenters. The molecule has 0 bridgehead atoms. The van der Waals surface area contributed by atoms with Gasteiger partial charge in [-0.15, -0.1) is 12.4 Å². The van der Waals surface area contributed by atoms with Crippen LogP contribution in [0.25, 0.3) is 0 Å². The average molecular weight is 265 g/mol. The average Bonchev–Trinajstić information content (AvgIpc) is 2.32. The molecule has 2 rings (SSSR count). The number of amides is 1. The molecule has 1 amide bonds. The molecule has 0 unspecified atom stereocenters. The number of nitrogens with zero attached hydrogens (tertiary/aromatic N) is 1. The van der Waals surface area contributed by atoms with Gasteiger partial charge >= 0.3 is 0 Å². The standard InChI is InChI=1S/C13H12N2O2.ClH/c1-10(16)15-12-7-8-14-9-13(12)17-11-5-3-2-4-6-11;/h2-9H,1H3,(H,14,15,16);1H. The number of hydrogen-bond acceptors (Lipinski definition) is 3. The van der Waals surface area contributed by atoms with Crippen molar-refractivity contribution in [2.75, 3.05) is 5.32 Å². The lowest BCUT2D eigenvalue weighted by atomic mass is 10.3. The van der Waals surface area contributed by atoms with Crippen LogP contribution in [0.1, 0.15) is 6.92 Å². The Morgan fingerprint density at radius 2 is 1.94 bits per heavy atom. The number of hydrogen-bond donors (Lipinski definition) is 1. The first-order valence-corrected chi connectivity index (χ1v) is 5.20. The molecule has 2 aromatic rings. The lowest BCUT2D eigenvalue weighted by Crippen LogP contribution is -2.07. The zero-order valence-corrected chi connectivity index (χ0v) is 10.6. The zero-order chi connectivity index (χ0) is 12.1. The highest BCUT2D eigenvalue weighted by Gasteiger charge is 2.05. The van der Waals surface area contributed by atoms with Crippen LogP contribution in [-0.2, 0) is 4.79 Å². The molecule has 0 saturated heterocycles. The third-order valence-corrected chi connectivity index (χ3v) is 2.07. The minimum atomic E-state index is -0.144. The van der Waals surface area contributed by atoms with E-state index in [0.29, 0.717) is 17.2 Å². The highest BCUT2D eigenvalue weighted by molar-refractivity contribution is 5.90. The normalized spacial score (nSPS) is 9.17. The summed E-state index contributed by atoms with van der Waals surface area (Å²) in [5.41, 5.74) is 0.608. The van der Waals surface area contributed by atoms with Crippen molar-refractivity contribution in [2.24, 2.45) is 0 Å². The van der Waals surface area contributed by atoms with Crippen molar-refractivity contribution in [2.45, 2.75) is 6.92 Å². The van der Waals surface area contributed by atoms with Crippen LogP contribution in [0.2, 0.25) is 0 Å². The second kappa shape index (κ2) is 6.61. The fraction of sp³-hybridized carbons (Fsp3) is 0.0769. The maximum Gasteiger partial charge on any atom is 0.221 e. The molecule has 0 spiro atoms. The van der Waals surface area contributed by atoms with Gasteiger partial charge in [0.25, 0.3) is 0 Å². The summed E-state index contributed by atoms with van der Waals surface area (Å²) in [6.45, 7) is 1.45. The fourth-order valence-electron chi connectivity index (χ4n) is 1.37. The monoisotopic (exact) mass is 264 g/mol. The molecule has 1 N–H and O–H groups in total. The minimum Gasteiger partial charge on any atom is -0.454 e. The number of ether oxygens (including phenoxy) is 1. The lowest BCUT2D eigenvalue weighted by Gasteiger charge is -2.10. The van der Waals surface area contributed by atoms with Gasteiger partial charge in [0.2, 0.25) is 5.91 Å². The van der Waals surface area contributed by atoms with Crippen molar-refractivity contribution in [1.82, 2.24) is 4.98 Å². The van der Waals surface area contributed by atoms with Crippen molar-refractivity contribution >= 4 is 24.0 Å². The van der Waals surface area contributed by atoms with Crippen LogP contribution in [0, 0.1) is 0 Å². The molecule has 5 heteroatoms. The summed E-state index contributed by atoms with van der Waals surface area (Å²) in [7, 11) is 0. The second-order valence-electron chi connectivity index (χ2n) is 3.47. The number of rotatable bonds is 3. The zero-order valence-electron chi connectivity index (χ0n) is 9.79. The first-order chi connectivity index (χ1) is 8.25. The van der Waals surface area contributed by atoms with E-state index in [2.05, 4.69) is 10.3 Å². The Morgan fingerprint density at radius 3 is 2.61 bits per heavy atom. The molecule has 0 aliphatic heterocycles. The van der Waals surface area contributed by atoms with E-state index in [-0.39, 0.29) is 18.3 Å². The van der Waals surface area contributed by atoms with Gasteiger partial charge in [-0.1, -0.05) is 18.2 Å². The molecule has 0 radical (unpaired) electrons. The number of carbonyl (C=O) groups is 1. The molecular weight excluding hydrogens is 252 g/mol. The smallest absolute Gasteiger partial charge is 0.221 e. The van der Waals surface area contributed by atoms with Gasteiger partial charge in [0.1, 0.15) is 5.75 Å². The summed E-state index contributed by atoms with van der Waals surface area (Å²) >= 11 is 0. The number of benzene rings is 1. The van der Waals surface area contributed by atoms with Crippen LogP contribution in [0.15, 0.2) is 48.8 Å². The second-order valence-corrected chi connectivity index (χ2v) is 3.47. The summed E-state index contributed by atoms with van der Waals surface area (Å²) in [5, 5.41) is 2.69. The van der Waals surface area contributed by atoms with Crippen LogP contribution in [0.4, 0.5) is 5.69 Å². The summed E-state index contributed by atoms with van der Waals surface area (Å²) in [5.74, 6) is 1.08. The van der Waals surface area contributed by atoms with E-state index in [1.807, 2.05) is 30.3 Å². The highest BCUT2D eigenvalue weighted by Crippen LogP contribution is 2.27. The van der Waals surface area contributed by atoms with E-state index >= 15 is 0 Å². The van der Waals surface area contributed by atoms with Crippen LogP contribution >= 0.6 is 12.4 Å². The quantitative estimate of drug-likeness (QED) is 0.926. The maximum atomic E-state index is 11.0. The third kappa shape index (κ3) is 3.75. The molecule has 1 aromatic heterocycles. The largest absolute Gasteiger partial charge is 0.454 e. The van der Waals surface area contributed by atoms with Crippen LogP contribution < -0.4 is 10.1 Å². The summed E-state index contributed by atoms with van der Waals surface area (Å²) in [6, 6.07) is 11.0. The molecule has 0 aliphatic carbocycles. The number of pyridine rings is 1. The van der Waals surface area contributed by atoms with Crippen molar-refractivity contribution in [3.63, 3.8) is 0 Å². The van der Waals surface area contributed by atoms with Crippen molar-refractivity contribution in [3.05, 3.63) is 48.8 Å². The Kier molecular flexibility index (Phi) is 5.14. The number of halogens is 1. The first kappa shape index (κ1) is 14.0. The molecule has 4 nitrogen and oxygen atoms in total. The van der Waals surface area contributed by atoms with Gasteiger partial charge in [-0.25, -0.2) is 0 Å². The molecule has 1 heterocycles. The third-order valence-electron chi connectivity index (χ3n) is 2.07. The van der Waals surface area contributed by atoms with E-state index in [1.54, 1.807) is 18.5 Å². The van der Waals surface area contributed by atoms with Crippen LogP contribution in [-0.4, -0.2) is 10.9 Å². The maximum absolute atomic E-state index is 11.0. The van der Waals surface area contributed by atoms with Crippen LogP contribution in [0.3, 0.4) is 0 Å². The van der Waals surface area contributed by atoms with Crippen molar-refractivity contribution in [1.29, 1.82) is 0 Å². The SMILES string of the molecule is CC(=O)Nc1ccncc1Oc1ccccc1.Cl. The van der Waals surface area contributed by atoms with E-state index < -0.39 is 0 Å². The minimum absolute atomic E-state index is 0. The van der Waals surface area contributed by atoms with Gasteiger partial charge in [-0.05, 0) is 18.2 Å². The van der Waals surface area contributed by atoms with E-state index in [1.165, 1.54) is 6.92 Å². The van der Waals surface area contributed by atoms with E-state index in [9.17, 15) is 4.79 Å². The molecule has 18 heavy (non-hydrogen) atoms. The van der Waals surface area contributed by atoms with Crippen molar-refractivity contribution in [3.8, 4) is 11.5 Å². The highest BCUT2D eigenvalue weighted by atomic mass is 35.5. The van der Waals surface area contributed by atoms with Gasteiger partial charge in [-0.3, -0.25) is 9.78 Å². The summed E-state index contributed by atoms with van der Waals surface area (Å²) in [4.78, 5) is 15.0. The fourth-order valence-corrected chi connectivity index (χ4v) is 1.37. The summed E-state index contributed by atoms with van der Waals surface area (Å²) < 4.78 is 5.63. The molecule has 0 saturated carbocycles. The number of para-hydroxylation sites is 1. The number of nitrogens with one attached hydrogen (secondary N) is 1. The molecule has 1 aromatic carbocycles. The van der Waals surface area contributed by atoms with Gasteiger partial charge in [0, 0.05) is 13.1 Å². The Labute approximate surface area is 111 Å². The predicted molar refractivity (Wildman–Crippen MR) is 72.3 cm³/mol. The Hall–Kier alpha value is -2.07. The Morgan fingerprint density at radius 1 is 1.22 bits per heavy atom. The molecular formula is C13H13ClN2O2. The van der Waals surface area contributed by atoms with E-state index in [0.717, 1.165) is 0 Å². The number of carbonyl (C=O) groups excluding carboxylic acids is 1. The van der Waals surface area contributed by atoms with Gasteiger partial charge < -0.3 is 10.1 Å². The Balaban J connectivity index is 0.00000162. The lowest BCUT2D eigenvalue weighted by molar-refractivity contribution is -0.114. The van der Waals surface area contributed by atoms with Gasteiger partial charge in [-0.2, -0.15) is 0 Å². The van der Waals surface area contributed by atoms with Crippen LogP contribution in [0.5, 0.6) is 11.5 Å². The molecule has 0 fully saturated rings. The summed E-state index contributed by atoms with van der Waals surface area (Å²) in [6.07, 6.45) is 3.17. The number of aromatic nitrogens is 1. The number of anilines is 1. The Bertz CT molecular complexity index is 517. The first-order valence-electron chi connectivity index (χ1n) is 5.20. The topological polar surface area (TPSA) is 51.2 Å². The molecule has 0 aliphatic rings. The van der Waals surface area contributed by atoms with Gasteiger partial charge in [0.15, 0.2) is 5.75 Å². The van der Waals surface area contributed by atoms with E-state index in [4.69, 9.17) is 4.74 Å². The molecule has 94 valence electrons. The predicted octanol–water partition coefficient (Wildman–Crippen LogP) is 3.25. The van der Waals surface area contributed by atoms with Crippen molar-refractivity contribution < 1.29 is 9.53 Å². The van der Waals surface area contributed by atoms with Gasteiger partial charge in [0.05, 0.1) is 11.9 Å².